The smallest absolute Gasteiger partial charge is 0.220 e. The zero-order valence-corrected chi connectivity index (χ0v) is 51.2. The predicted octanol–water partition coefficient (Wildman–Crippen LogP) is 7.49. The van der Waals surface area contributed by atoms with E-state index in [0.717, 1.165) is 64.2 Å². The van der Waals surface area contributed by atoms with Crippen LogP contribution in [0.4, 0.5) is 0 Å². The third-order valence-corrected chi connectivity index (χ3v) is 16.7. The molecule has 3 fully saturated rings. The van der Waals surface area contributed by atoms with Crippen LogP contribution in [0.2, 0.25) is 0 Å². The molecule has 19 nitrogen and oxygen atoms in total. The Labute approximate surface area is 498 Å². The molecule has 488 valence electrons. The number of hydrogen-bond donors (Lipinski definition) is 12. The first-order valence-electron chi connectivity index (χ1n) is 33.1. The van der Waals surface area contributed by atoms with Crippen LogP contribution in [0.25, 0.3) is 0 Å². The largest absolute Gasteiger partial charge is 0.394 e. The fourth-order valence-corrected chi connectivity index (χ4v) is 11.3. The second-order valence-electron chi connectivity index (χ2n) is 23.9. The SMILES string of the molecule is CCCCCC/C=C\CCCCCCCC(=O)NC(COC1OC(CO)C(OC2OC(CO)C(OC3OC(CO)C(O)C(O)C3O)C(O)C2O)C(O)C1O)C(O)/C=C/CCCCCCCCCCCCCCCCCCCCCCCCC. The summed E-state index contributed by atoms with van der Waals surface area (Å²) in [5.74, 6) is -0.283. The molecule has 19 heteroatoms. The van der Waals surface area contributed by atoms with Crippen LogP contribution in [0.3, 0.4) is 0 Å². The first kappa shape index (κ1) is 75.5. The number of unbranched alkanes of at least 4 members (excludes halogenated alkanes) is 32. The van der Waals surface area contributed by atoms with E-state index in [9.17, 15) is 61.0 Å². The quantitative estimate of drug-likeness (QED) is 0.0207. The van der Waals surface area contributed by atoms with Gasteiger partial charge in [0.05, 0.1) is 38.6 Å². The van der Waals surface area contributed by atoms with Gasteiger partial charge in [-0.15, -0.1) is 0 Å². The van der Waals surface area contributed by atoms with Crippen LogP contribution < -0.4 is 5.32 Å². The van der Waals surface area contributed by atoms with Crippen LogP contribution in [0.15, 0.2) is 24.3 Å². The van der Waals surface area contributed by atoms with E-state index in [1.807, 2.05) is 6.08 Å². The van der Waals surface area contributed by atoms with Gasteiger partial charge in [-0.1, -0.05) is 218 Å². The Kier molecular flexibility index (Phi) is 43.0. The van der Waals surface area contributed by atoms with Crippen molar-refractivity contribution in [1.82, 2.24) is 5.32 Å². The van der Waals surface area contributed by atoms with Gasteiger partial charge in [-0.2, -0.15) is 0 Å². The number of amides is 1. The van der Waals surface area contributed by atoms with Crippen molar-refractivity contribution in [1.29, 1.82) is 0 Å². The van der Waals surface area contributed by atoms with Gasteiger partial charge in [0.2, 0.25) is 5.91 Å². The molecule has 0 saturated carbocycles. The first-order chi connectivity index (χ1) is 40.3. The Morgan fingerprint density at radius 2 is 0.759 bits per heavy atom. The summed E-state index contributed by atoms with van der Waals surface area (Å²) >= 11 is 0. The van der Waals surface area contributed by atoms with Crippen molar-refractivity contribution in [3.05, 3.63) is 24.3 Å². The number of aliphatic hydroxyl groups is 11. The summed E-state index contributed by atoms with van der Waals surface area (Å²) in [6.45, 7) is 1.72. The average molecular weight is 1190 g/mol. The molecule has 3 rings (SSSR count). The molecule has 3 aliphatic heterocycles. The molecule has 1 amide bonds. The highest BCUT2D eigenvalue weighted by atomic mass is 16.8. The molecule has 0 bridgehead atoms. The van der Waals surface area contributed by atoms with Gasteiger partial charge in [-0.05, 0) is 44.9 Å². The third kappa shape index (κ3) is 30.4. The number of nitrogens with one attached hydrogen (secondary N) is 1. The van der Waals surface area contributed by atoms with E-state index < -0.39 is 124 Å². The molecule has 3 saturated heterocycles. The molecule has 0 aromatic rings. The summed E-state index contributed by atoms with van der Waals surface area (Å²) in [4.78, 5) is 13.3. The second kappa shape index (κ2) is 47.3. The average Bonchev–Trinajstić information content (AvgIpc) is 3.33. The Balaban J connectivity index is 1.44. The topological polar surface area (TPSA) is 307 Å². The monoisotopic (exact) mass is 1190 g/mol. The molecule has 3 heterocycles. The van der Waals surface area contributed by atoms with Crippen LogP contribution in [0, 0.1) is 0 Å². The number of allylic oxidation sites excluding steroid dienone is 3. The highest BCUT2D eigenvalue weighted by Crippen LogP contribution is 2.33. The van der Waals surface area contributed by atoms with Crippen molar-refractivity contribution in [3.63, 3.8) is 0 Å². The minimum atomic E-state index is -1.98. The summed E-state index contributed by atoms with van der Waals surface area (Å²) < 4.78 is 34.3. The molecule has 0 aliphatic carbocycles. The Hall–Kier alpha value is -1.73. The number of carbonyl (C=O) groups excluding carboxylic acids is 1. The number of aliphatic hydroxyl groups excluding tert-OH is 11. The van der Waals surface area contributed by atoms with Crippen LogP contribution in [-0.4, -0.2) is 193 Å². The minimum absolute atomic E-state index is 0.235. The van der Waals surface area contributed by atoms with Gasteiger partial charge in [0.25, 0.3) is 0 Å². The normalized spacial score (nSPS) is 29.5. The fraction of sp³-hybridized carbons (Fsp3) is 0.922. The Bertz CT molecular complexity index is 1610. The number of carbonyl (C=O) groups is 1. The lowest BCUT2D eigenvalue weighted by Crippen LogP contribution is -2.66. The number of hydrogen-bond acceptors (Lipinski definition) is 18. The Morgan fingerprint density at radius 1 is 0.422 bits per heavy atom. The molecular formula is C64H119NO18. The summed E-state index contributed by atoms with van der Waals surface area (Å²) in [7, 11) is 0. The maximum atomic E-state index is 13.3. The maximum Gasteiger partial charge on any atom is 0.220 e. The second-order valence-corrected chi connectivity index (χ2v) is 23.9. The van der Waals surface area contributed by atoms with E-state index in [2.05, 4.69) is 31.3 Å². The van der Waals surface area contributed by atoms with Gasteiger partial charge in [0, 0.05) is 6.42 Å². The zero-order valence-electron chi connectivity index (χ0n) is 51.2. The van der Waals surface area contributed by atoms with Crippen molar-refractivity contribution in [3.8, 4) is 0 Å². The van der Waals surface area contributed by atoms with Gasteiger partial charge in [-0.3, -0.25) is 4.79 Å². The summed E-state index contributed by atoms with van der Waals surface area (Å²) in [6, 6.07) is -0.975. The number of ether oxygens (including phenoxy) is 6. The first-order valence-corrected chi connectivity index (χ1v) is 33.1. The van der Waals surface area contributed by atoms with Gasteiger partial charge < -0.3 is 89.9 Å². The number of rotatable bonds is 50. The summed E-state index contributed by atoms with van der Waals surface area (Å²) in [5.41, 5.74) is 0. The molecule has 17 unspecified atom stereocenters. The highest BCUT2D eigenvalue weighted by Gasteiger charge is 2.53. The predicted molar refractivity (Wildman–Crippen MR) is 319 cm³/mol. The van der Waals surface area contributed by atoms with Crippen LogP contribution in [0.5, 0.6) is 0 Å². The van der Waals surface area contributed by atoms with E-state index in [-0.39, 0.29) is 18.9 Å². The molecule has 3 aliphatic rings. The van der Waals surface area contributed by atoms with Crippen molar-refractivity contribution in [2.75, 3.05) is 26.4 Å². The van der Waals surface area contributed by atoms with E-state index in [1.54, 1.807) is 6.08 Å². The van der Waals surface area contributed by atoms with Gasteiger partial charge in [0.15, 0.2) is 18.9 Å². The highest BCUT2D eigenvalue weighted by molar-refractivity contribution is 5.76. The van der Waals surface area contributed by atoms with E-state index >= 15 is 0 Å². The summed E-state index contributed by atoms with van der Waals surface area (Å²) in [5, 5.41) is 120. The lowest BCUT2D eigenvalue weighted by atomic mass is 9.96. The molecule has 12 N–H and O–H groups in total. The van der Waals surface area contributed by atoms with Gasteiger partial charge in [-0.25, -0.2) is 0 Å². The Morgan fingerprint density at radius 3 is 1.18 bits per heavy atom. The third-order valence-electron chi connectivity index (χ3n) is 16.7. The van der Waals surface area contributed by atoms with Crippen LogP contribution in [0.1, 0.15) is 245 Å². The minimum Gasteiger partial charge on any atom is -0.394 e. The standard InChI is InChI=1S/C64H119NO18/c1-3-5-7-9-11-13-15-17-18-19-20-21-22-23-24-25-26-27-28-30-31-33-35-37-39-41-48(69)47(65-52(70)42-40-38-36-34-32-29-16-14-12-10-8-6-4-2)46-78-62-58(76)55(73)60(50(44-67)80-62)83-64-59(77)56(74)61(51(45-68)81-64)82-63-57(75)54(72)53(71)49(43-66)79-63/h14,16,39,41,47-51,53-64,66-69,71-77H,3-13,15,17-38,40,42-46H2,1-2H3,(H,65,70)/b16-14-,41-39+. The van der Waals surface area contributed by atoms with E-state index in [4.69, 9.17) is 28.4 Å². The van der Waals surface area contributed by atoms with E-state index in [1.165, 1.54) is 154 Å². The fourth-order valence-electron chi connectivity index (χ4n) is 11.3. The molecule has 0 aromatic heterocycles. The molecule has 0 spiro atoms. The van der Waals surface area contributed by atoms with Gasteiger partial charge in [0.1, 0.15) is 73.2 Å². The lowest BCUT2D eigenvalue weighted by Gasteiger charge is -2.48. The molecule has 83 heavy (non-hydrogen) atoms. The summed E-state index contributed by atoms with van der Waals surface area (Å²) in [6.07, 6.45) is 24.5. The molecule has 0 radical (unpaired) electrons. The molecular weight excluding hydrogens is 1070 g/mol. The van der Waals surface area contributed by atoms with Crippen molar-refractivity contribution in [2.45, 2.75) is 349 Å². The van der Waals surface area contributed by atoms with Crippen LogP contribution in [-0.2, 0) is 33.2 Å². The lowest BCUT2D eigenvalue weighted by molar-refractivity contribution is -0.379. The van der Waals surface area contributed by atoms with Crippen molar-refractivity contribution < 1.29 is 89.4 Å². The van der Waals surface area contributed by atoms with E-state index in [0.29, 0.717) is 6.42 Å². The van der Waals surface area contributed by atoms with Crippen molar-refractivity contribution >= 4 is 5.91 Å². The van der Waals surface area contributed by atoms with Gasteiger partial charge >= 0.3 is 0 Å². The zero-order chi connectivity index (χ0) is 60.5. The van der Waals surface area contributed by atoms with Crippen LogP contribution >= 0.6 is 0 Å². The van der Waals surface area contributed by atoms with Crippen molar-refractivity contribution in [2.24, 2.45) is 0 Å². The maximum absolute atomic E-state index is 13.3. The molecule has 17 atom stereocenters. The molecule has 0 aromatic carbocycles.